The van der Waals surface area contributed by atoms with E-state index in [1.165, 1.54) is 73.6 Å². The Morgan fingerprint density at radius 2 is 0.864 bits per heavy atom. The van der Waals surface area contributed by atoms with Crippen LogP contribution in [0.25, 0.3) is 0 Å². The van der Waals surface area contributed by atoms with E-state index in [0.717, 1.165) is 4.90 Å². The molecular weight excluding hydrogens is 1130 g/mol. The van der Waals surface area contributed by atoms with Gasteiger partial charge in [-0.2, -0.15) is 0 Å². The molecule has 0 spiro atoms. The molecule has 504 valence electrons. The predicted molar refractivity (Wildman–Crippen MR) is 340 cm³/mol. The fourth-order valence-corrected chi connectivity index (χ4v) is 11.2. The quantitative estimate of drug-likeness (QED) is 0.0971. The minimum absolute atomic E-state index is 0.00724. The summed E-state index contributed by atoms with van der Waals surface area (Å²) in [5, 5.41) is 23.4. The summed E-state index contributed by atoms with van der Waals surface area (Å²) in [5.41, 5.74) is 0. The lowest BCUT2D eigenvalue weighted by Crippen LogP contribution is -2.64. The summed E-state index contributed by atoms with van der Waals surface area (Å²) in [4.78, 5) is 169. The normalized spacial score (nSPS) is 27.2. The summed E-state index contributed by atoms with van der Waals surface area (Å²) >= 11 is 0. The number of nitrogens with zero attached hydrogens (tertiary/aromatic N) is 6. The largest absolute Gasteiger partial charge is 0.450 e. The van der Waals surface area contributed by atoms with E-state index in [-0.39, 0.29) is 62.3 Å². The number of cyclic esters (lactones) is 1. The lowest BCUT2D eigenvalue weighted by atomic mass is 9.91. The first-order chi connectivity index (χ1) is 40.7. The van der Waals surface area contributed by atoms with Crippen molar-refractivity contribution in [2.24, 2.45) is 47.3 Å². The van der Waals surface area contributed by atoms with E-state index in [1.807, 2.05) is 55.4 Å². The maximum atomic E-state index is 15.2. The average molecular weight is 1250 g/mol. The Morgan fingerprint density at radius 3 is 1.28 bits per heavy atom. The molecule has 0 radical (unpaired) electrons. The zero-order valence-corrected chi connectivity index (χ0v) is 58.2. The molecule has 10 amide bonds. The van der Waals surface area contributed by atoms with Gasteiger partial charge in [-0.15, -0.1) is 0 Å². The molecule has 0 aromatic rings. The second kappa shape index (κ2) is 36.5. The van der Waals surface area contributed by atoms with Crippen LogP contribution in [0.15, 0.2) is 12.2 Å². The summed E-state index contributed by atoms with van der Waals surface area (Å²) in [7, 11) is 7.00. The molecule has 1 aliphatic heterocycles. The van der Waals surface area contributed by atoms with Crippen LogP contribution in [0.2, 0.25) is 0 Å². The van der Waals surface area contributed by atoms with Crippen LogP contribution >= 0.6 is 0 Å². The molecule has 1 heterocycles. The number of allylic oxidation sites excluding steroid dienone is 2. The van der Waals surface area contributed by atoms with Crippen LogP contribution in [0.4, 0.5) is 0 Å². The minimum atomic E-state index is -1.62. The Labute approximate surface area is 527 Å². The Morgan fingerprint density at radius 1 is 0.466 bits per heavy atom. The first kappa shape index (κ1) is 79.9. The van der Waals surface area contributed by atoms with E-state index in [0.29, 0.717) is 6.42 Å². The lowest BCUT2D eigenvalue weighted by Gasteiger charge is -2.40. The highest BCUT2D eigenvalue weighted by Gasteiger charge is 2.46. The highest BCUT2D eigenvalue weighted by Crippen LogP contribution is 2.25. The van der Waals surface area contributed by atoms with Gasteiger partial charge in [-0.25, -0.2) is 4.79 Å². The molecule has 0 aromatic carbocycles. The number of carbonyl (C=O) groups excluding carboxylic acids is 11. The number of aliphatic hydroxyl groups is 1. The summed E-state index contributed by atoms with van der Waals surface area (Å²) in [6, 6.07) is -12.7. The number of likely N-dealkylation sites (N-methyl/N-ethyl adjacent to an activating group) is 6. The van der Waals surface area contributed by atoms with Gasteiger partial charge in [-0.1, -0.05) is 123 Å². The first-order valence-corrected chi connectivity index (χ1v) is 32.0. The predicted octanol–water partition coefficient (Wildman–Crippen LogP) is 4.77. The van der Waals surface area contributed by atoms with Gasteiger partial charge >= 0.3 is 5.97 Å². The van der Waals surface area contributed by atoms with Gasteiger partial charge in [-0.05, 0) is 114 Å². The van der Waals surface area contributed by atoms with Crippen LogP contribution in [-0.4, -0.2) is 214 Å². The van der Waals surface area contributed by atoms with E-state index < -0.39 is 161 Å². The van der Waals surface area contributed by atoms with Crippen molar-refractivity contribution in [1.82, 2.24) is 50.7 Å². The van der Waals surface area contributed by atoms with E-state index in [1.54, 1.807) is 81.4 Å². The maximum absolute atomic E-state index is 15.2. The lowest BCUT2D eigenvalue weighted by molar-refractivity contribution is -0.166. The summed E-state index contributed by atoms with van der Waals surface area (Å²) in [5.74, 6) is -11.0. The third-order valence-electron chi connectivity index (χ3n) is 16.6. The third kappa shape index (κ3) is 22.1. The summed E-state index contributed by atoms with van der Waals surface area (Å²) in [6.07, 6.45) is 1.43. The molecule has 1 rings (SSSR count). The minimum Gasteiger partial charge on any atom is -0.450 e. The van der Waals surface area contributed by atoms with Gasteiger partial charge in [0.15, 0.2) is 6.10 Å². The molecule has 1 aliphatic rings. The average Bonchev–Trinajstić information content (AvgIpc) is 1.53. The molecule has 0 saturated carbocycles. The van der Waals surface area contributed by atoms with Crippen molar-refractivity contribution in [2.75, 3.05) is 41.8 Å². The van der Waals surface area contributed by atoms with Gasteiger partial charge < -0.3 is 60.5 Å². The van der Waals surface area contributed by atoms with Gasteiger partial charge in [0, 0.05) is 41.8 Å². The standard InChI is InChI=1S/C65H116N10O13/c1-26-29-30-42(18)53(76)52-58(80)67-45(27-2)60(82)70(21)44(20)59(81)75(28-3)50(39(12)13)57(79)69-46(31-35(4)5)61(83)71(22)48(33-37(8)9)55(77)66-43(19)65(87)88-54(41(16)17)64(86)72(23)49(34-38(10)11)56(78)68-47(32-36(6)7)62(84)73(24)51(40(14)15)63(85)74(52)25/h26,29,35-54,76H,27-28,30-34H2,1-25H3,(H,66,77)(H,67,80)(H,68,78)(H,69,79)/b29-26+/t42-,43+,44-,45+,46+,47+,48+,49+,50+,51+,52+,53-,54-/m1/s1. The van der Waals surface area contributed by atoms with Gasteiger partial charge in [0.25, 0.3) is 5.91 Å². The Hall–Kier alpha value is -6.13. The van der Waals surface area contributed by atoms with Crippen molar-refractivity contribution in [3.63, 3.8) is 0 Å². The highest BCUT2D eigenvalue weighted by molar-refractivity contribution is 5.99. The zero-order valence-electron chi connectivity index (χ0n) is 58.2. The van der Waals surface area contributed by atoms with Gasteiger partial charge in [-0.3, -0.25) is 47.9 Å². The van der Waals surface area contributed by atoms with Crippen LogP contribution in [0.3, 0.4) is 0 Å². The highest BCUT2D eigenvalue weighted by atomic mass is 16.6. The Balaban J connectivity index is 4.43. The second-order valence-electron chi connectivity index (χ2n) is 27.1. The molecule has 13 atom stereocenters. The Bertz CT molecular complexity index is 2390. The first-order valence-electron chi connectivity index (χ1n) is 32.0. The smallest absolute Gasteiger partial charge is 0.329 e. The molecule has 0 aromatic heterocycles. The van der Waals surface area contributed by atoms with Crippen LogP contribution < -0.4 is 21.3 Å². The van der Waals surface area contributed by atoms with Gasteiger partial charge in [0.2, 0.25) is 53.2 Å². The molecule has 0 unspecified atom stereocenters. The molecule has 0 bridgehead atoms. The van der Waals surface area contributed by atoms with E-state index in [2.05, 4.69) is 21.3 Å². The molecule has 23 heteroatoms. The fourth-order valence-electron chi connectivity index (χ4n) is 11.2. The van der Waals surface area contributed by atoms with Crippen LogP contribution in [0.1, 0.15) is 177 Å². The van der Waals surface area contributed by atoms with Crippen LogP contribution in [0, 0.1) is 47.3 Å². The SMILES string of the molecule is C/C=C/C[C@@H](C)[C@@H](O)[C@H]1C(=O)N[C@@H](CC)C(=O)N(C)[C@H](C)C(=O)N(CC)[C@@H](C(C)C)C(=O)N[C@@H](CC(C)C)C(=O)N(C)[C@@H](CC(C)C)C(=O)N[C@@H](C)C(=O)O[C@H](C(C)C)C(=O)N(C)[C@@H](CC(C)C)C(=O)N[C@@H](CC(C)C)C(=O)N(C)[C@@H](C(C)C)C(=O)N1C. The molecule has 1 saturated heterocycles. The van der Waals surface area contributed by atoms with Crippen molar-refractivity contribution in [2.45, 2.75) is 250 Å². The number of hydrogen-bond acceptors (Lipinski definition) is 13. The number of nitrogens with one attached hydrogen (secondary N) is 4. The van der Waals surface area contributed by atoms with Crippen molar-refractivity contribution < 1.29 is 62.6 Å². The van der Waals surface area contributed by atoms with Crippen LogP contribution in [-0.2, 0) is 57.5 Å². The number of esters is 1. The number of hydrogen-bond donors (Lipinski definition) is 5. The topological polar surface area (TPSA) is 285 Å². The molecular formula is C65H116N10O13. The Kier molecular flexibility index (Phi) is 33.1. The van der Waals surface area contributed by atoms with E-state index in [9.17, 15) is 53.1 Å². The van der Waals surface area contributed by atoms with E-state index in [4.69, 9.17) is 4.74 Å². The fraction of sp³-hybridized carbons (Fsp3) is 0.800. The molecule has 88 heavy (non-hydrogen) atoms. The number of aliphatic hydroxyl groups excluding tert-OH is 1. The van der Waals surface area contributed by atoms with Crippen LogP contribution in [0.5, 0.6) is 0 Å². The van der Waals surface area contributed by atoms with Crippen molar-refractivity contribution in [3.8, 4) is 0 Å². The molecule has 1 fully saturated rings. The molecule has 23 nitrogen and oxygen atoms in total. The maximum Gasteiger partial charge on any atom is 0.329 e. The molecule has 0 aliphatic carbocycles. The van der Waals surface area contributed by atoms with Gasteiger partial charge in [0.05, 0.1) is 6.10 Å². The number of amides is 10. The van der Waals surface area contributed by atoms with Gasteiger partial charge in [0.1, 0.15) is 60.4 Å². The summed E-state index contributed by atoms with van der Waals surface area (Å²) < 4.78 is 5.91. The van der Waals surface area contributed by atoms with Crippen molar-refractivity contribution in [1.29, 1.82) is 0 Å². The van der Waals surface area contributed by atoms with Crippen molar-refractivity contribution in [3.05, 3.63) is 12.2 Å². The monoisotopic (exact) mass is 1240 g/mol. The second-order valence-corrected chi connectivity index (χ2v) is 27.1. The van der Waals surface area contributed by atoms with Crippen molar-refractivity contribution >= 4 is 65.0 Å². The summed E-state index contributed by atoms with van der Waals surface area (Å²) in [6.45, 7) is 34.8. The number of ether oxygens (including phenoxy) is 1. The zero-order chi connectivity index (χ0) is 68.3. The number of carbonyl (C=O) groups is 11. The third-order valence-corrected chi connectivity index (χ3v) is 16.6. The number of rotatable bonds is 17. The molecule has 5 N–H and O–H groups in total. The van der Waals surface area contributed by atoms with E-state index >= 15 is 4.79 Å².